The van der Waals surface area contributed by atoms with Crippen molar-refractivity contribution < 1.29 is 0 Å². The molecule has 0 radical (unpaired) electrons. The number of aromatic nitrogens is 2. The van der Waals surface area contributed by atoms with E-state index in [4.69, 9.17) is 11.6 Å². The summed E-state index contributed by atoms with van der Waals surface area (Å²) in [5, 5.41) is 8.55. The smallest absolute Gasteiger partial charge is 0.0844 e. The van der Waals surface area contributed by atoms with Gasteiger partial charge in [-0.1, -0.05) is 46.6 Å². The van der Waals surface area contributed by atoms with E-state index in [2.05, 4.69) is 51.5 Å². The highest BCUT2D eigenvalue weighted by Gasteiger charge is 2.10. The van der Waals surface area contributed by atoms with Gasteiger partial charge in [-0.05, 0) is 37.6 Å². The van der Waals surface area contributed by atoms with Gasteiger partial charge in [0.1, 0.15) is 0 Å². The molecule has 1 aromatic carbocycles. The van der Waals surface area contributed by atoms with Crippen molar-refractivity contribution in [1.82, 2.24) is 15.1 Å². The largest absolute Gasteiger partial charge is 0.313 e. The molecule has 0 aliphatic rings. The summed E-state index contributed by atoms with van der Waals surface area (Å²) in [7, 11) is 0. The first-order chi connectivity index (χ1) is 9.52. The van der Waals surface area contributed by atoms with Crippen LogP contribution in [0, 0.1) is 13.8 Å². The molecular formula is C15H19BrClN3. The van der Waals surface area contributed by atoms with Crippen molar-refractivity contribution in [3.63, 3.8) is 0 Å². The zero-order chi connectivity index (χ0) is 14.7. The normalized spacial score (nSPS) is 11.1. The van der Waals surface area contributed by atoms with Crippen LogP contribution in [0.25, 0.3) is 0 Å². The molecule has 0 aliphatic carbocycles. The fourth-order valence-electron chi connectivity index (χ4n) is 2.09. The molecule has 0 aliphatic heterocycles. The minimum atomic E-state index is 0.724. The summed E-state index contributed by atoms with van der Waals surface area (Å²) in [6.07, 6.45) is 0. The quantitative estimate of drug-likeness (QED) is 0.875. The van der Waals surface area contributed by atoms with Crippen LogP contribution in [0.15, 0.2) is 22.7 Å². The minimum absolute atomic E-state index is 0.724. The van der Waals surface area contributed by atoms with Crippen molar-refractivity contribution in [2.24, 2.45) is 0 Å². The lowest BCUT2D eigenvalue weighted by Crippen LogP contribution is -2.12. The van der Waals surface area contributed by atoms with E-state index in [0.29, 0.717) is 0 Å². The summed E-state index contributed by atoms with van der Waals surface area (Å²) >= 11 is 9.83. The Labute approximate surface area is 133 Å². The summed E-state index contributed by atoms with van der Waals surface area (Å²) in [4.78, 5) is 0. The Morgan fingerprint density at radius 1 is 1.35 bits per heavy atom. The van der Waals surface area contributed by atoms with Crippen LogP contribution < -0.4 is 5.32 Å². The van der Waals surface area contributed by atoms with Crippen LogP contribution in [0.2, 0.25) is 5.02 Å². The lowest BCUT2D eigenvalue weighted by molar-refractivity contribution is 0.656. The fraction of sp³-hybridized carbons (Fsp3) is 0.400. The van der Waals surface area contributed by atoms with Gasteiger partial charge in [-0.2, -0.15) is 5.10 Å². The number of rotatable bonds is 5. The lowest BCUT2D eigenvalue weighted by Gasteiger charge is -2.09. The van der Waals surface area contributed by atoms with Gasteiger partial charge < -0.3 is 5.32 Å². The first-order valence-electron chi connectivity index (χ1n) is 6.70. The molecule has 0 bridgehead atoms. The predicted molar refractivity (Wildman–Crippen MR) is 87.3 cm³/mol. The molecule has 1 heterocycles. The van der Waals surface area contributed by atoms with Gasteiger partial charge in [0.15, 0.2) is 0 Å². The molecule has 20 heavy (non-hydrogen) atoms. The fourth-order valence-corrected chi connectivity index (χ4v) is 2.78. The van der Waals surface area contributed by atoms with Gasteiger partial charge in [-0.15, -0.1) is 0 Å². The van der Waals surface area contributed by atoms with Gasteiger partial charge in [-0.3, -0.25) is 4.68 Å². The average molecular weight is 357 g/mol. The molecule has 1 N–H and O–H groups in total. The molecular weight excluding hydrogens is 338 g/mol. The molecule has 0 fully saturated rings. The van der Waals surface area contributed by atoms with Crippen LogP contribution in [0.3, 0.4) is 0 Å². The van der Waals surface area contributed by atoms with Crippen molar-refractivity contribution in [3.05, 3.63) is 50.2 Å². The van der Waals surface area contributed by atoms with Crippen LogP contribution >= 0.6 is 27.5 Å². The average Bonchev–Trinajstić information content (AvgIpc) is 2.67. The summed E-state index contributed by atoms with van der Waals surface area (Å²) in [5.41, 5.74) is 4.36. The highest BCUT2D eigenvalue weighted by Crippen LogP contribution is 2.23. The van der Waals surface area contributed by atoms with E-state index in [1.54, 1.807) is 0 Å². The summed E-state index contributed by atoms with van der Waals surface area (Å²) in [6.45, 7) is 8.62. The Morgan fingerprint density at radius 2 is 2.10 bits per heavy atom. The van der Waals surface area contributed by atoms with E-state index in [-0.39, 0.29) is 0 Å². The van der Waals surface area contributed by atoms with Crippen molar-refractivity contribution in [1.29, 1.82) is 0 Å². The van der Waals surface area contributed by atoms with E-state index in [1.165, 1.54) is 11.1 Å². The topological polar surface area (TPSA) is 29.9 Å². The number of nitrogens with one attached hydrogen (secondary N) is 1. The SMILES string of the molecule is CCNCc1ccc(Cn2nc(C)c(Cl)c2C)c(Br)c1. The number of hydrogen-bond donors (Lipinski definition) is 1. The van der Waals surface area contributed by atoms with E-state index >= 15 is 0 Å². The van der Waals surface area contributed by atoms with Gasteiger partial charge in [0.25, 0.3) is 0 Å². The number of hydrogen-bond acceptors (Lipinski definition) is 2. The minimum Gasteiger partial charge on any atom is -0.313 e. The standard InChI is InChI=1S/C15H19BrClN3/c1-4-18-8-12-5-6-13(14(16)7-12)9-20-11(3)15(17)10(2)19-20/h5-7,18H,4,8-9H2,1-3H3. The Hall–Kier alpha value is -0.840. The van der Waals surface area contributed by atoms with Crippen molar-refractivity contribution in [2.45, 2.75) is 33.9 Å². The molecule has 0 atom stereocenters. The van der Waals surface area contributed by atoms with Gasteiger partial charge >= 0.3 is 0 Å². The highest BCUT2D eigenvalue weighted by atomic mass is 79.9. The Balaban J connectivity index is 2.19. The zero-order valence-electron chi connectivity index (χ0n) is 12.0. The summed E-state index contributed by atoms with van der Waals surface area (Å²) in [5.74, 6) is 0. The second-order valence-electron chi connectivity index (χ2n) is 4.85. The van der Waals surface area contributed by atoms with Crippen LogP contribution in [-0.4, -0.2) is 16.3 Å². The van der Waals surface area contributed by atoms with E-state index in [9.17, 15) is 0 Å². The Kier molecular flexibility index (Phi) is 5.24. The highest BCUT2D eigenvalue weighted by molar-refractivity contribution is 9.10. The van der Waals surface area contributed by atoms with Crippen molar-refractivity contribution in [2.75, 3.05) is 6.54 Å². The second kappa shape index (κ2) is 6.74. The zero-order valence-corrected chi connectivity index (χ0v) is 14.3. The third kappa shape index (κ3) is 3.43. The molecule has 2 rings (SSSR count). The second-order valence-corrected chi connectivity index (χ2v) is 6.08. The van der Waals surface area contributed by atoms with Gasteiger partial charge in [0.2, 0.25) is 0 Å². The first-order valence-corrected chi connectivity index (χ1v) is 7.87. The third-order valence-corrected chi connectivity index (χ3v) is 4.60. The first kappa shape index (κ1) is 15.5. The van der Waals surface area contributed by atoms with Gasteiger partial charge in [-0.25, -0.2) is 0 Å². The lowest BCUT2D eigenvalue weighted by atomic mass is 10.1. The molecule has 0 unspecified atom stereocenters. The Bertz CT molecular complexity index is 607. The number of aryl methyl sites for hydroxylation is 1. The van der Waals surface area contributed by atoms with Crippen LogP contribution in [-0.2, 0) is 13.1 Å². The monoisotopic (exact) mass is 355 g/mol. The predicted octanol–water partition coefficient (Wildman–Crippen LogP) is 4.07. The molecule has 0 saturated carbocycles. The Morgan fingerprint density at radius 3 is 2.65 bits per heavy atom. The molecule has 2 aromatic rings. The molecule has 0 spiro atoms. The third-order valence-electron chi connectivity index (χ3n) is 3.31. The molecule has 3 nitrogen and oxygen atoms in total. The van der Waals surface area contributed by atoms with Crippen LogP contribution in [0.4, 0.5) is 0 Å². The maximum atomic E-state index is 6.18. The van der Waals surface area contributed by atoms with Crippen LogP contribution in [0.5, 0.6) is 0 Å². The molecule has 108 valence electrons. The van der Waals surface area contributed by atoms with Crippen LogP contribution in [0.1, 0.15) is 29.4 Å². The van der Waals surface area contributed by atoms with E-state index in [1.807, 2.05) is 18.5 Å². The van der Waals surface area contributed by atoms with Gasteiger partial charge in [0, 0.05) is 11.0 Å². The summed E-state index contributed by atoms with van der Waals surface area (Å²) < 4.78 is 3.05. The van der Waals surface area contributed by atoms with E-state index in [0.717, 1.165) is 40.5 Å². The number of benzene rings is 1. The maximum absolute atomic E-state index is 6.18. The molecule has 0 amide bonds. The van der Waals surface area contributed by atoms with Crippen molar-refractivity contribution in [3.8, 4) is 0 Å². The summed E-state index contributed by atoms with van der Waals surface area (Å²) in [6, 6.07) is 6.45. The van der Waals surface area contributed by atoms with Gasteiger partial charge in [0.05, 0.1) is 23.0 Å². The van der Waals surface area contributed by atoms with E-state index < -0.39 is 0 Å². The number of nitrogens with zero attached hydrogens (tertiary/aromatic N) is 2. The maximum Gasteiger partial charge on any atom is 0.0844 e. The number of halogens is 2. The molecule has 0 saturated heterocycles. The van der Waals surface area contributed by atoms with Crippen molar-refractivity contribution >= 4 is 27.5 Å². The molecule has 1 aromatic heterocycles. The molecule has 5 heteroatoms.